The van der Waals surface area contributed by atoms with Gasteiger partial charge >= 0.3 is 0 Å². The van der Waals surface area contributed by atoms with E-state index in [4.69, 9.17) is 10.3 Å². The molecule has 130 valence electrons. The zero-order valence-electron chi connectivity index (χ0n) is 13.9. The van der Waals surface area contributed by atoms with Gasteiger partial charge in [-0.2, -0.15) is 4.98 Å². The van der Waals surface area contributed by atoms with Crippen LogP contribution in [0.2, 0.25) is 0 Å². The maximum atomic E-state index is 12.8. The molecule has 0 spiro atoms. The molecule has 1 aromatic carbocycles. The maximum absolute atomic E-state index is 12.8. The second-order valence-corrected chi connectivity index (χ2v) is 6.31. The van der Waals surface area contributed by atoms with E-state index >= 15 is 0 Å². The van der Waals surface area contributed by atoms with E-state index in [1.807, 2.05) is 42.2 Å². The standard InChI is InChI=1S/C17H22N4O2.ClH/c1-12-19-15(23-20-12)13-8-10-21(11-9-13)16(22)17(2,18)14-6-4-3-5-7-14;/h3-7,13H,8-11,18H2,1-2H3;1H. The molecule has 0 radical (unpaired) electrons. The largest absolute Gasteiger partial charge is 0.341 e. The minimum absolute atomic E-state index is 0. The fraction of sp³-hybridized carbons (Fsp3) is 0.471. The monoisotopic (exact) mass is 350 g/mol. The van der Waals surface area contributed by atoms with Gasteiger partial charge in [0.05, 0.1) is 0 Å². The minimum Gasteiger partial charge on any atom is -0.341 e. The maximum Gasteiger partial charge on any atom is 0.246 e. The summed E-state index contributed by atoms with van der Waals surface area (Å²) >= 11 is 0. The Kier molecular flexibility index (Phi) is 5.62. The zero-order chi connectivity index (χ0) is 16.4. The third kappa shape index (κ3) is 3.60. The normalized spacial score (nSPS) is 17.9. The lowest BCUT2D eigenvalue weighted by Gasteiger charge is -2.36. The molecule has 1 unspecified atom stereocenters. The number of carbonyl (C=O) groups excluding carboxylic acids is 1. The van der Waals surface area contributed by atoms with E-state index in [0.717, 1.165) is 18.4 Å². The third-order valence-electron chi connectivity index (χ3n) is 4.49. The van der Waals surface area contributed by atoms with Gasteiger partial charge < -0.3 is 15.2 Å². The SMILES string of the molecule is Cc1noc(C2CCN(C(=O)C(C)(N)c3ccccc3)CC2)n1.Cl. The molecule has 1 aliphatic rings. The quantitative estimate of drug-likeness (QED) is 0.918. The lowest BCUT2D eigenvalue weighted by atomic mass is 9.89. The molecule has 0 aliphatic carbocycles. The lowest BCUT2D eigenvalue weighted by molar-refractivity contribution is -0.138. The van der Waals surface area contributed by atoms with E-state index in [1.165, 1.54) is 0 Å². The number of aryl methyl sites for hydroxylation is 1. The van der Waals surface area contributed by atoms with Gasteiger partial charge in [0.1, 0.15) is 5.54 Å². The number of hydrogen-bond acceptors (Lipinski definition) is 5. The number of aromatic nitrogens is 2. The van der Waals surface area contributed by atoms with Crippen LogP contribution >= 0.6 is 12.4 Å². The van der Waals surface area contributed by atoms with Crippen molar-refractivity contribution in [2.75, 3.05) is 13.1 Å². The van der Waals surface area contributed by atoms with Crippen LogP contribution in [0.25, 0.3) is 0 Å². The molecule has 2 aromatic rings. The molecule has 3 rings (SSSR count). The number of nitrogens with zero attached hydrogens (tertiary/aromatic N) is 3. The summed E-state index contributed by atoms with van der Waals surface area (Å²) < 4.78 is 5.25. The van der Waals surface area contributed by atoms with Crippen LogP contribution in [0.4, 0.5) is 0 Å². The Labute approximate surface area is 147 Å². The summed E-state index contributed by atoms with van der Waals surface area (Å²) in [6, 6.07) is 9.51. The van der Waals surface area contributed by atoms with Crippen LogP contribution in [0, 0.1) is 6.92 Å². The van der Waals surface area contributed by atoms with Crippen molar-refractivity contribution in [3.63, 3.8) is 0 Å². The highest BCUT2D eigenvalue weighted by atomic mass is 35.5. The number of nitrogens with two attached hydrogens (primary N) is 1. The first-order valence-electron chi connectivity index (χ1n) is 7.92. The first kappa shape index (κ1) is 18.4. The van der Waals surface area contributed by atoms with Crippen molar-refractivity contribution < 1.29 is 9.32 Å². The van der Waals surface area contributed by atoms with Crippen LogP contribution in [0.1, 0.15) is 43.0 Å². The summed E-state index contributed by atoms with van der Waals surface area (Å²) in [6.45, 7) is 4.90. The van der Waals surface area contributed by atoms with Crippen molar-refractivity contribution >= 4 is 18.3 Å². The summed E-state index contributed by atoms with van der Waals surface area (Å²) in [5, 5.41) is 3.84. The van der Waals surface area contributed by atoms with Crippen molar-refractivity contribution in [2.45, 2.75) is 38.1 Å². The van der Waals surface area contributed by atoms with E-state index in [-0.39, 0.29) is 24.2 Å². The van der Waals surface area contributed by atoms with Crippen molar-refractivity contribution in [3.8, 4) is 0 Å². The third-order valence-corrected chi connectivity index (χ3v) is 4.49. The Balaban J connectivity index is 0.00000208. The molecule has 1 fully saturated rings. The van der Waals surface area contributed by atoms with Gasteiger partial charge in [0.25, 0.3) is 0 Å². The molecular formula is C17H23ClN4O2. The van der Waals surface area contributed by atoms with E-state index in [1.54, 1.807) is 6.92 Å². The summed E-state index contributed by atoms with van der Waals surface area (Å²) in [7, 11) is 0. The summed E-state index contributed by atoms with van der Waals surface area (Å²) in [6.07, 6.45) is 1.64. The number of hydrogen-bond donors (Lipinski definition) is 1. The molecule has 6 nitrogen and oxygen atoms in total. The highest BCUT2D eigenvalue weighted by molar-refractivity contribution is 5.87. The van der Waals surface area contributed by atoms with Crippen LogP contribution in [-0.2, 0) is 10.3 Å². The second kappa shape index (κ2) is 7.32. The van der Waals surface area contributed by atoms with Gasteiger partial charge in [0.15, 0.2) is 5.82 Å². The predicted octanol–water partition coefficient (Wildman–Crippen LogP) is 2.38. The highest BCUT2D eigenvalue weighted by Crippen LogP contribution is 2.29. The number of carbonyl (C=O) groups is 1. The zero-order valence-corrected chi connectivity index (χ0v) is 14.8. The number of amides is 1. The van der Waals surface area contributed by atoms with Crippen molar-refractivity contribution in [1.82, 2.24) is 15.0 Å². The van der Waals surface area contributed by atoms with Crippen LogP contribution in [0.3, 0.4) is 0 Å². The van der Waals surface area contributed by atoms with Crippen molar-refractivity contribution in [2.24, 2.45) is 5.73 Å². The first-order valence-corrected chi connectivity index (χ1v) is 7.92. The summed E-state index contributed by atoms with van der Waals surface area (Å²) in [5.41, 5.74) is 6.16. The minimum atomic E-state index is -1.00. The Bertz CT molecular complexity index is 679. The average molecular weight is 351 g/mol. The predicted molar refractivity (Wildman–Crippen MR) is 92.8 cm³/mol. The molecule has 1 aromatic heterocycles. The number of halogens is 1. The van der Waals surface area contributed by atoms with Gasteiger partial charge in [0.2, 0.25) is 11.8 Å². The van der Waals surface area contributed by atoms with Crippen LogP contribution in [0.5, 0.6) is 0 Å². The van der Waals surface area contributed by atoms with E-state index in [0.29, 0.717) is 24.8 Å². The summed E-state index contributed by atoms with van der Waals surface area (Å²) in [5.74, 6) is 1.51. The van der Waals surface area contributed by atoms with Crippen molar-refractivity contribution in [1.29, 1.82) is 0 Å². The molecule has 24 heavy (non-hydrogen) atoms. The highest BCUT2D eigenvalue weighted by Gasteiger charge is 2.36. The van der Waals surface area contributed by atoms with Gasteiger partial charge in [-0.15, -0.1) is 12.4 Å². The first-order chi connectivity index (χ1) is 11.0. The van der Waals surface area contributed by atoms with Gasteiger partial charge in [0, 0.05) is 19.0 Å². The Morgan fingerprint density at radius 1 is 1.29 bits per heavy atom. The molecule has 1 amide bonds. The fourth-order valence-electron chi connectivity index (χ4n) is 3.04. The Hall–Kier alpha value is -1.92. The van der Waals surface area contributed by atoms with E-state index in [2.05, 4.69) is 10.1 Å². The molecule has 7 heteroatoms. The van der Waals surface area contributed by atoms with Crippen LogP contribution in [-0.4, -0.2) is 34.0 Å². The van der Waals surface area contributed by atoms with Crippen LogP contribution < -0.4 is 5.73 Å². The molecule has 0 bridgehead atoms. The number of rotatable bonds is 3. The second-order valence-electron chi connectivity index (χ2n) is 6.31. The van der Waals surface area contributed by atoms with E-state index < -0.39 is 5.54 Å². The average Bonchev–Trinajstić information content (AvgIpc) is 3.01. The smallest absolute Gasteiger partial charge is 0.246 e. The number of benzene rings is 1. The van der Waals surface area contributed by atoms with Crippen molar-refractivity contribution in [3.05, 3.63) is 47.6 Å². The lowest BCUT2D eigenvalue weighted by Crippen LogP contribution is -2.52. The number of piperidine rings is 1. The van der Waals surface area contributed by atoms with E-state index in [9.17, 15) is 4.79 Å². The molecule has 2 N–H and O–H groups in total. The number of likely N-dealkylation sites (tertiary alicyclic amines) is 1. The van der Waals surface area contributed by atoms with Crippen LogP contribution in [0.15, 0.2) is 34.9 Å². The van der Waals surface area contributed by atoms with Gasteiger partial charge in [-0.05, 0) is 32.3 Å². The molecule has 1 atom stereocenters. The fourth-order valence-corrected chi connectivity index (χ4v) is 3.04. The Morgan fingerprint density at radius 3 is 2.46 bits per heavy atom. The molecular weight excluding hydrogens is 328 g/mol. The molecule has 0 saturated carbocycles. The van der Waals surface area contributed by atoms with Gasteiger partial charge in [-0.25, -0.2) is 0 Å². The van der Waals surface area contributed by atoms with Gasteiger partial charge in [-0.3, -0.25) is 4.79 Å². The van der Waals surface area contributed by atoms with Gasteiger partial charge in [-0.1, -0.05) is 35.5 Å². The summed E-state index contributed by atoms with van der Waals surface area (Å²) in [4.78, 5) is 19.0. The Morgan fingerprint density at radius 2 is 1.92 bits per heavy atom. The molecule has 1 aliphatic heterocycles. The molecule has 1 saturated heterocycles. The topological polar surface area (TPSA) is 85.2 Å². The molecule has 2 heterocycles.